The molecule has 1 saturated heterocycles. The van der Waals surface area contributed by atoms with E-state index >= 15 is 0 Å². The zero-order valence-electron chi connectivity index (χ0n) is 11.6. The molecule has 0 bridgehead atoms. The smallest absolute Gasteiger partial charge is 0.161 e. The minimum Gasteiger partial charge on any atom is -0.493 e. The molecule has 0 aliphatic carbocycles. The Hall–Kier alpha value is -1.52. The van der Waals surface area contributed by atoms with Gasteiger partial charge in [0.15, 0.2) is 11.5 Å². The molecule has 1 fully saturated rings. The van der Waals surface area contributed by atoms with Gasteiger partial charge in [0.05, 0.1) is 14.2 Å². The van der Waals surface area contributed by atoms with Gasteiger partial charge in [0.2, 0.25) is 0 Å². The van der Waals surface area contributed by atoms with Crippen LogP contribution in [-0.2, 0) is 0 Å². The van der Waals surface area contributed by atoms with Crippen LogP contribution >= 0.6 is 0 Å². The molecular formula is C15H21N2O2. The van der Waals surface area contributed by atoms with Gasteiger partial charge in [-0.1, -0.05) is 18.2 Å². The van der Waals surface area contributed by atoms with Crippen LogP contribution in [0.25, 0.3) is 6.08 Å². The molecule has 0 saturated carbocycles. The van der Waals surface area contributed by atoms with Gasteiger partial charge < -0.3 is 9.47 Å². The number of piperazine rings is 1. The Morgan fingerprint density at radius 2 is 1.89 bits per heavy atom. The van der Waals surface area contributed by atoms with Crippen molar-refractivity contribution in [2.45, 2.75) is 0 Å². The van der Waals surface area contributed by atoms with E-state index in [0.717, 1.165) is 49.8 Å². The summed E-state index contributed by atoms with van der Waals surface area (Å²) in [5, 5.41) is 4.34. The van der Waals surface area contributed by atoms with Crippen molar-refractivity contribution in [1.82, 2.24) is 10.2 Å². The zero-order valence-corrected chi connectivity index (χ0v) is 11.6. The van der Waals surface area contributed by atoms with E-state index in [-0.39, 0.29) is 0 Å². The first-order chi connectivity index (χ1) is 9.33. The van der Waals surface area contributed by atoms with Gasteiger partial charge >= 0.3 is 0 Å². The van der Waals surface area contributed by atoms with Crippen LogP contribution in [0.3, 0.4) is 0 Å². The molecule has 0 amide bonds. The number of rotatable bonds is 5. The standard InChI is InChI=1S/C15H21N2O2/c1-18-14-6-5-13(12-15(14)19-2)4-3-9-17-10-7-16-8-11-17/h3-6,12H,7-11H2,1-2H3/b4-3+. The Balaban J connectivity index is 1.94. The van der Waals surface area contributed by atoms with E-state index in [0.29, 0.717) is 0 Å². The van der Waals surface area contributed by atoms with Crippen molar-refractivity contribution in [2.24, 2.45) is 0 Å². The normalized spacial score (nSPS) is 16.7. The predicted molar refractivity (Wildman–Crippen MR) is 76.9 cm³/mol. The first-order valence-electron chi connectivity index (χ1n) is 6.57. The molecule has 19 heavy (non-hydrogen) atoms. The van der Waals surface area contributed by atoms with E-state index in [4.69, 9.17) is 9.47 Å². The summed E-state index contributed by atoms with van der Waals surface area (Å²) >= 11 is 0. The summed E-state index contributed by atoms with van der Waals surface area (Å²) < 4.78 is 10.5. The molecular weight excluding hydrogens is 240 g/mol. The lowest BCUT2D eigenvalue weighted by Gasteiger charge is -2.24. The van der Waals surface area contributed by atoms with E-state index in [1.807, 2.05) is 18.2 Å². The van der Waals surface area contributed by atoms with E-state index in [9.17, 15) is 0 Å². The maximum absolute atomic E-state index is 5.29. The van der Waals surface area contributed by atoms with Crippen LogP contribution in [-0.4, -0.2) is 51.8 Å². The quantitative estimate of drug-likeness (QED) is 0.808. The van der Waals surface area contributed by atoms with Gasteiger partial charge in [-0.2, -0.15) is 0 Å². The number of hydrogen-bond acceptors (Lipinski definition) is 3. The van der Waals surface area contributed by atoms with E-state index in [2.05, 4.69) is 22.4 Å². The van der Waals surface area contributed by atoms with Crippen LogP contribution in [0.2, 0.25) is 0 Å². The molecule has 0 N–H and O–H groups in total. The van der Waals surface area contributed by atoms with Crippen LogP contribution < -0.4 is 14.8 Å². The lowest BCUT2D eigenvalue weighted by molar-refractivity contribution is 0.262. The maximum atomic E-state index is 5.29. The number of nitrogens with zero attached hydrogens (tertiary/aromatic N) is 2. The molecule has 1 aliphatic heterocycles. The van der Waals surface area contributed by atoms with Gasteiger partial charge in [0.25, 0.3) is 0 Å². The second-order valence-corrected chi connectivity index (χ2v) is 4.49. The molecule has 4 heteroatoms. The van der Waals surface area contributed by atoms with Gasteiger partial charge in [-0.15, -0.1) is 0 Å². The average molecular weight is 261 g/mol. The second-order valence-electron chi connectivity index (χ2n) is 4.49. The lowest BCUT2D eigenvalue weighted by atomic mass is 10.2. The van der Waals surface area contributed by atoms with Crippen LogP contribution in [0, 0.1) is 0 Å². The minimum absolute atomic E-state index is 0.761. The monoisotopic (exact) mass is 261 g/mol. The third-order valence-electron chi connectivity index (χ3n) is 3.23. The van der Waals surface area contributed by atoms with Crippen molar-refractivity contribution in [3.63, 3.8) is 0 Å². The van der Waals surface area contributed by atoms with Gasteiger partial charge in [-0.3, -0.25) is 4.90 Å². The molecule has 103 valence electrons. The highest BCUT2D eigenvalue weighted by atomic mass is 16.5. The van der Waals surface area contributed by atoms with E-state index in [1.165, 1.54) is 0 Å². The molecule has 1 heterocycles. The summed E-state index contributed by atoms with van der Waals surface area (Å²) in [6.07, 6.45) is 4.31. The van der Waals surface area contributed by atoms with Gasteiger partial charge in [-0.25, -0.2) is 5.32 Å². The van der Waals surface area contributed by atoms with Gasteiger partial charge in [0.1, 0.15) is 0 Å². The van der Waals surface area contributed by atoms with E-state index < -0.39 is 0 Å². The largest absolute Gasteiger partial charge is 0.493 e. The Labute approximate surface area is 115 Å². The van der Waals surface area contributed by atoms with Crippen molar-refractivity contribution < 1.29 is 9.47 Å². The first-order valence-corrected chi connectivity index (χ1v) is 6.57. The van der Waals surface area contributed by atoms with Crippen molar-refractivity contribution in [3.8, 4) is 11.5 Å². The highest BCUT2D eigenvalue weighted by molar-refractivity contribution is 5.55. The summed E-state index contributed by atoms with van der Waals surface area (Å²) in [4.78, 5) is 2.41. The fraction of sp³-hybridized carbons (Fsp3) is 0.467. The maximum Gasteiger partial charge on any atom is 0.161 e. The second kappa shape index (κ2) is 7.16. The third-order valence-corrected chi connectivity index (χ3v) is 3.23. The van der Waals surface area contributed by atoms with Crippen LogP contribution in [0.15, 0.2) is 24.3 Å². The van der Waals surface area contributed by atoms with E-state index in [1.54, 1.807) is 14.2 Å². The Morgan fingerprint density at radius 1 is 1.16 bits per heavy atom. The van der Waals surface area contributed by atoms with Crippen LogP contribution in [0.5, 0.6) is 11.5 Å². The molecule has 2 rings (SSSR count). The van der Waals surface area contributed by atoms with Crippen LogP contribution in [0.4, 0.5) is 0 Å². The summed E-state index contributed by atoms with van der Waals surface area (Å²) in [5.41, 5.74) is 1.12. The fourth-order valence-corrected chi connectivity index (χ4v) is 2.12. The number of methoxy groups -OCH3 is 2. The average Bonchev–Trinajstić information content (AvgIpc) is 2.48. The van der Waals surface area contributed by atoms with Crippen molar-refractivity contribution in [2.75, 3.05) is 46.9 Å². The predicted octanol–water partition coefficient (Wildman–Crippen LogP) is 1.64. The molecule has 0 unspecified atom stereocenters. The Bertz CT molecular complexity index is 426. The number of benzene rings is 1. The van der Waals surface area contributed by atoms with Crippen molar-refractivity contribution >= 4 is 6.08 Å². The summed E-state index contributed by atoms with van der Waals surface area (Å²) in [7, 11) is 3.30. The van der Waals surface area contributed by atoms with Gasteiger partial charge in [0, 0.05) is 32.7 Å². The molecule has 0 atom stereocenters. The minimum atomic E-state index is 0.761. The highest BCUT2D eigenvalue weighted by Gasteiger charge is 2.07. The van der Waals surface area contributed by atoms with Crippen LogP contribution in [0.1, 0.15) is 5.56 Å². The zero-order chi connectivity index (χ0) is 13.5. The van der Waals surface area contributed by atoms with Gasteiger partial charge in [-0.05, 0) is 17.7 Å². The lowest BCUT2D eigenvalue weighted by Crippen LogP contribution is -2.40. The molecule has 1 aliphatic rings. The molecule has 0 spiro atoms. The van der Waals surface area contributed by atoms with Crippen molar-refractivity contribution in [1.29, 1.82) is 0 Å². The summed E-state index contributed by atoms with van der Waals surface area (Å²) in [5.74, 6) is 1.53. The SMILES string of the molecule is COc1ccc(/C=C/CN2CC[N]CC2)cc1OC. The topological polar surface area (TPSA) is 35.8 Å². The fourth-order valence-electron chi connectivity index (χ4n) is 2.12. The summed E-state index contributed by atoms with van der Waals surface area (Å²) in [6.45, 7) is 5.03. The molecule has 1 aromatic carbocycles. The highest BCUT2D eigenvalue weighted by Crippen LogP contribution is 2.27. The molecule has 4 nitrogen and oxygen atoms in total. The molecule has 1 radical (unpaired) electrons. The third kappa shape index (κ3) is 3.98. The Kier molecular flexibility index (Phi) is 5.24. The summed E-state index contributed by atoms with van der Waals surface area (Å²) in [6, 6.07) is 5.95. The number of hydrogen-bond donors (Lipinski definition) is 0. The molecule has 1 aromatic rings. The Morgan fingerprint density at radius 3 is 2.58 bits per heavy atom. The van der Waals surface area contributed by atoms with Crippen molar-refractivity contribution in [3.05, 3.63) is 29.8 Å². The number of ether oxygens (including phenoxy) is 2. The first kappa shape index (κ1) is 13.9. The molecule has 0 aromatic heterocycles.